The lowest BCUT2D eigenvalue weighted by Crippen LogP contribution is -2.20. The fraction of sp³-hybridized carbons (Fsp3) is 0.750. The maximum atomic E-state index is 10.3. The van der Waals surface area contributed by atoms with E-state index < -0.39 is 0 Å². The normalized spacial score (nSPS) is 12.9. The third-order valence-corrected chi connectivity index (χ3v) is 1.03. The SMILES string of the molecule is CC(I)CC(=O)NO. The van der Waals surface area contributed by atoms with Crippen LogP contribution in [0.25, 0.3) is 0 Å². The van der Waals surface area contributed by atoms with Crippen molar-refractivity contribution in [1.82, 2.24) is 5.48 Å². The van der Waals surface area contributed by atoms with Gasteiger partial charge in [-0.25, -0.2) is 5.48 Å². The number of alkyl halides is 1. The van der Waals surface area contributed by atoms with Gasteiger partial charge in [0.15, 0.2) is 0 Å². The fourth-order valence-electron chi connectivity index (χ4n) is 0.301. The van der Waals surface area contributed by atoms with E-state index in [4.69, 9.17) is 5.21 Å². The monoisotopic (exact) mass is 229 g/mol. The zero-order valence-electron chi connectivity index (χ0n) is 4.52. The Morgan fingerprint density at radius 3 is 2.62 bits per heavy atom. The number of nitrogens with one attached hydrogen (secondary N) is 1. The van der Waals surface area contributed by atoms with Crippen molar-refractivity contribution < 1.29 is 10.0 Å². The van der Waals surface area contributed by atoms with Crippen LogP contribution in [-0.2, 0) is 4.79 Å². The zero-order valence-corrected chi connectivity index (χ0v) is 6.68. The molecule has 1 amide bonds. The van der Waals surface area contributed by atoms with E-state index in [1.165, 1.54) is 0 Å². The Kier molecular flexibility index (Phi) is 4.16. The molecule has 0 rings (SSSR count). The summed E-state index contributed by atoms with van der Waals surface area (Å²) in [5, 5.41) is 7.98. The fourth-order valence-corrected chi connectivity index (χ4v) is 0.701. The summed E-state index contributed by atoms with van der Waals surface area (Å²) in [6.45, 7) is 1.90. The molecule has 0 aromatic heterocycles. The molecule has 0 aliphatic rings. The van der Waals surface area contributed by atoms with Gasteiger partial charge >= 0.3 is 0 Å². The van der Waals surface area contributed by atoms with Gasteiger partial charge in [-0.15, -0.1) is 0 Å². The first-order valence-corrected chi connectivity index (χ1v) is 3.48. The van der Waals surface area contributed by atoms with E-state index >= 15 is 0 Å². The van der Waals surface area contributed by atoms with Crippen molar-refractivity contribution >= 4 is 28.5 Å². The number of rotatable bonds is 2. The molecule has 2 N–H and O–H groups in total. The minimum absolute atomic E-state index is 0.278. The van der Waals surface area contributed by atoms with Gasteiger partial charge in [-0.1, -0.05) is 29.5 Å². The Balaban J connectivity index is 3.25. The van der Waals surface area contributed by atoms with Crippen molar-refractivity contribution in [1.29, 1.82) is 0 Å². The van der Waals surface area contributed by atoms with Crippen LogP contribution in [-0.4, -0.2) is 15.0 Å². The Labute approximate surface area is 61.6 Å². The molecule has 0 aliphatic heterocycles. The van der Waals surface area contributed by atoms with Crippen molar-refractivity contribution in [3.05, 3.63) is 0 Å². The molecule has 0 saturated heterocycles. The van der Waals surface area contributed by atoms with Crippen LogP contribution in [0, 0.1) is 0 Å². The lowest BCUT2D eigenvalue weighted by molar-refractivity contribution is -0.129. The minimum Gasteiger partial charge on any atom is -0.289 e. The van der Waals surface area contributed by atoms with Crippen molar-refractivity contribution in [3.63, 3.8) is 0 Å². The topological polar surface area (TPSA) is 49.3 Å². The highest BCUT2D eigenvalue weighted by molar-refractivity contribution is 14.1. The van der Waals surface area contributed by atoms with Crippen molar-refractivity contribution in [2.24, 2.45) is 0 Å². The molecule has 3 nitrogen and oxygen atoms in total. The third-order valence-electron chi connectivity index (χ3n) is 0.591. The summed E-state index contributed by atoms with van der Waals surface area (Å²) in [5.41, 5.74) is 1.55. The lowest BCUT2D eigenvalue weighted by atomic mass is 10.3. The zero-order chi connectivity index (χ0) is 6.57. The Morgan fingerprint density at radius 1 is 2.00 bits per heavy atom. The van der Waals surface area contributed by atoms with Gasteiger partial charge in [0.1, 0.15) is 0 Å². The highest BCUT2D eigenvalue weighted by Crippen LogP contribution is 2.02. The maximum absolute atomic E-state index is 10.3. The van der Waals surface area contributed by atoms with Gasteiger partial charge in [0.05, 0.1) is 0 Å². The van der Waals surface area contributed by atoms with E-state index in [1.807, 2.05) is 6.92 Å². The third kappa shape index (κ3) is 4.32. The van der Waals surface area contributed by atoms with Gasteiger partial charge < -0.3 is 0 Å². The second-order valence-electron chi connectivity index (χ2n) is 1.52. The molecule has 0 aliphatic carbocycles. The van der Waals surface area contributed by atoms with Gasteiger partial charge in [-0.2, -0.15) is 0 Å². The molecule has 0 saturated carbocycles. The van der Waals surface area contributed by atoms with Gasteiger partial charge in [0.2, 0.25) is 5.91 Å². The van der Waals surface area contributed by atoms with Crippen LogP contribution in [0.4, 0.5) is 0 Å². The first-order chi connectivity index (χ1) is 3.66. The maximum Gasteiger partial charge on any atom is 0.244 e. The molecule has 1 unspecified atom stereocenters. The Morgan fingerprint density at radius 2 is 2.50 bits per heavy atom. The molecule has 0 aromatic carbocycles. The van der Waals surface area contributed by atoms with Gasteiger partial charge in [0.25, 0.3) is 0 Å². The molecule has 0 fully saturated rings. The first-order valence-electron chi connectivity index (χ1n) is 2.24. The number of carbonyl (C=O) groups is 1. The predicted molar refractivity (Wildman–Crippen MR) is 38.0 cm³/mol. The largest absolute Gasteiger partial charge is 0.289 e. The summed E-state index contributed by atoms with van der Waals surface area (Å²) >= 11 is 2.11. The van der Waals surface area contributed by atoms with Crippen molar-refractivity contribution in [2.75, 3.05) is 0 Å². The first kappa shape index (κ1) is 8.16. The predicted octanol–water partition coefficient (Wildman–Crippen LogP) is 0.705. The van der Waals surface area contributed by atoms with E-state index in [-0.39, 0.29) is 9.83 Å². The average Bonchev–Trinajstić information content (AvgIpc) is 1.65. The van der Waals surface area contributed by atoms with Crippen LogP contribution in [0.5, 0.6) is 0 Å². The van der Waals surface area contributed by atoms with E-state index in [2.05, 4.69) is 22.6 Å². The van der Waals surface area contributed by atoms with Gasteiger partial charge in [0, 0.05) is 10.3 Å². The number of amides is 1. The number of halogens is 1. The molecular weight excluding hydrogens is 221 g/mol. The minimum atomic E-state index is -0.327. The second-order valence-corrected chi connectivity index (χ2v) is 3.65. The summed E-state index contributed by atoms with van der Waals surface area (Å²) in [7, 11) is 0. The molecule has 0 aromatic rings. The summed E-state index contributed by atoms with van der Waals surface area (Å²) in [4.78, 5) is 10.3. The van der Waals surface area contributed by atoms with E-state index in [9.17, 15) is 4.79 Å². The van der Waals surface area contributed by atoms with E-state index in [0.29, 0.717) is 6.42 Å². The molecule has 48 valence electrons. The molecule has 0 spiro atoms. The van der Waals surface area contributed by atoms with Gasteiger partial charge in [-0.05, 0) is 0 Å². The number of hydrogen-bond donors (Lipinski definition) is 2. The van der Waals surface area contributed by atoms with Crippen LogP contribution < -0.4 is 5.48 Å². The molecule has 4 heteroatoms. The van der Waals surface area contributed by atoms with Crippen molar-refractivity contribution in [2.45, 2.75) is 17.3 Å². The molecule has 0 radical (unpaired) electrons. The van der Waals surface area contributed by atoms with E-state index in [0.717, 1.165) is 0 Å². The Hall–Kier alpha value is 0.160. The number of hydrogen-bond acceptors (Lipinski definition) is 2. The number of carbonyl (C=O) groups excluding carboxylic acids is 1. The standard InChI is InChI=1S/C4H8INO2/c1-3(5)2-4(7)6-8/h3,8H,2H2,1H3,(H,6,7). The summed E-state index contributed by atoms with van der Waals surface area (Å²) < 4.78 is 0.278. The van der Waals surface area contributed by atoms with E-state index in [1.54, 1.807) is 5.48 Å². The molecule has 0 heterocycles. The molecule has 8 heavy (non-hydrogen) atoms. The van der Waals surface area contributed by atoms with Crippen LogP contribution >= 0.6 is 22.6 Å². The van der Waals surface area contributed by atoms with Crippen LogP contribution in [0.2, 0.25) is 0 Å². The molecule has 1 atom stereocenters. The van der Waals surface area contributed by atoms with Crippen LogP contribution in [0.3, 0.4) is 0 Å². The van der Waals surface area contributed by atoms with Crippen LogP contribution in [0.1, 0.15) is 13.3 Å². The summed E-state index contributed by atoms with van der Waals surface area (Å²) in [5.74, 6) is -0.327. The summed E-state index contributed by atoms with van der Waals surface area (Å²) in [6, 6.07) is 0. The molecular formula is C4H8INO2. The summed E-state index contributed by atoms with van der Waals surface area (Å²) in [6.07, 6.45) is 0.372. The lowest BCUT2D eigenvalue weighted by Gasteiger charge is -1.97. The quantitative estimate of drug-likeness (QED) is 0.317. The highest BCUT2D eigenvalue weighted by Gasteiger charge is 2.01. The highest BCUT2D eigenvalue weighted by atomic mass is 127. The molecule has 0 bridgehead atoms. The number of hydroxylamine groups is 1. The Bertz CT molecular complexity index is 84.1. The second kappa shape index (κ2) is 4.08. The van der Waals surface area contributed by atoms with Crippen LogP contribution in [0.15, 0.2) is 0 Å². The smallest absolute Gasteiger partial charge is 0.244 e. The van der Waals surface area contributed by atoms with Gasteiger partial charge in [-0.3, -0.25) is 10.0 Å². The van der Waals surface area contributed by atoms with Crippen molar-refractivity contribution in [3.8, 4) is 0 Å². The average molecular weight is 229 g/mol.